The molecule has 0 bridgehead atoms. The molecule has 2 N–H and O–H groups in total. The van der Waals surface area contributed by atoms with Gasteiger partial charge < -0.3 is 10.6 Å². The third kappa shape index (κ3) is 3.10. The number of amides is 1. The number of piperazine rings is 1. The molecule has 1 amide bonds. The Kier molecular flexibility index (Phi) is 4.60. The van der Waals surface area contributed by atoms with Gasteiger partial charge >= 0.3 is 0 Å². The molecule has 1 aliphatic heterocycles. The molecule has 1 fully saturated rings. The van der Waals surface area contributed by atoms with Crippen molar-refractivity contribution in [2.75, 3.05) is 31.9 Å². The van der Waals surface area contributed by atoms with Crippen LogP contribution in [0.15, 0.2) is 12.3 Å². The average molecular weight is 276 g/mol. The Hall–Kier alpha value is -1.62. The minimum Gasteiger partial charge on any atom is -0.398 e. The maximum atomic E-state index is 12.5. The Morgan fingerprint density at radius 2 is 2.05 bits per heavy atom. The molecule has 0 radical (unpaired) electrons. The van der Waals surface area contributed by atoms with Gasteiger partial charge in [-0.2, -0.15) is 0 Å². The summed E-state index contributed by atoms with van der Waals surface area (Å²) in [5.74, 6) is -0.00111. The number of anilines is 1. The van der Waals surface area contributed by atoms with Crippen molar-refractivity contribution in [2.24, 2.45) is 0 Å². The van der Waals surface area contributed by atoms with E-state index < -0.39 is 0 Å². The van der Waals surface area contributed by atoms with Crippen LogP contribution < -0.4 is 5.73 Å². The molecule has 5 heteroatoms. The fraction of sp³-hybridized carbons (Fsp3) is 0.600. The first kappa shape index (κ1) is 14.8. The van der Waals surface area contributed by atoms with Crippen molar-refractivity contribution in [3.05, 3.63) is 23.5 Å². The lowest BCUT2D eigenvalue weighted by Crippen LogP contribution is -2.51. The predicted octanol–water partition coefficient (Wildman–Crippen LogP) is 1.53. The maximum absolute atomic E-state index is 12.5. The van der Waals surface area contributed by atoms with Gasteiger partial charge in [-0.3, -0.25) is 14.7 Å². The zero-order chi connectivity index (χ0) is 14.7. The van der Waals surface area contributed by atoms with Crippen LogP contribution in [0.2, 0.25) is 0 Å². The van der Waals surface area contributed by atoms with Gasteiger partial charge in [0.2, 0.25) is 0 Å². The number of hydrogen-bond acceptors (Lipinski definition) is 4. The van der Waals surface area contributed by atoms with Gasteiger partial charge in [-0.25, -0.2) is 0 Å². The van der Waals surface area contributed by atoms with E-state index in [2.05, 4.69) is 23.7 Å². The topological polar surface area (TPSA) is 62.5 Å². The van der Waals surface area contributed by atoms with Gasteiger partial charge in [0.15, 0.2) is 0 Å². The molecule has 1 aromatic rings. The quantitative estimate of drug-likeness (QED) is 0.909. The largest absolute Gasteiger partial charge is 0.398 e. The number of hydrogen-bond donors (Lipinski definition) is 1. The van der Waals surface area contributed by atoms with Crippen LogP contribution in [0.1, 0.15) is 36.3 Å². The number of nitrogen functional groups attached to an aromatic ring is 1. The van der Waals surface area contributed by atoms with Crippen LogP contribution in [0, 0.1) is 6.92 Å². The van der Waals surface area contributed by atoms with Crippen LogP contribution in [-0.4, -0.2) is 52.9 Å². The number of carbonyl (C=O) groups excluding carboxylic acids is 1. The third-order valence-electron chi connectivity index (χ3n) is 4.12. The molecule has 1 unspecified atom stereocenters. The molecule has 20 heavy (non-hydrogen) atoms. The lowest BCUT2D eigenvalue weighted by atomic mass is 10.1. The number of nitrogens with zero attached hydrogens (tertiary/aromatic N) is 3. The lowest BCUT2D eigenvalue weighted by molar-refractivity contribution is 0.0580. The van der Waals surface area contributed by atoms with Gasteiger partial charge in [0.25, 0.3) is 5.91 Å². The minimum absolute atomic E-state index is 0.00111. The monoisotopic (exact) mass is 276 g/mol. The highest BCUT2D eigenvalue weighted by Crippen LogP contribution is 2.16. The van der Waals surface area contributed by atoms with E-state index in [9.17, 15) is 4.79 Å². The second-order valence-corrected chi connectivity index (χ2v) is 5.50. The van der Waals surface area contributed by atoms with Crippen LogP contribution in [0.5, 0.6) is 0 Å². The Labute approximate surface area is 120 Å². The zero-order valence-corrected chi connectivity index (χ0v) is 12.6. The molecule has 2 heterocycles. The molecule has 2 rings (SSSR count). The second-order valence-electron chi connectivity index (χ2n) is 5.50. The highest BCUT2D eigenvalue weighted by Gasteiger charge is 2.25. The first-order valence-corrected chi connectivity index (χ1v) is 7.28. The standard InChI is InChI=1S/C15H24N4O/c1-4-12(3)18-5-7-19(8-6-18)15(20)13-10-17-11(2)9-14(13)16/h9-10,12H,4-8H2,1-3H3,(H2,16,17). The van der Waals surface area contributed by atoms with E-state index in [1.54, 1.807) is 12.3 Å². The Morgan fingerprint density at radius 1 is 1.40 bits per heavy atom. The summed E-state index contributed by atoms with van der Waals surface area (Å²) in [7, 11) is 0. The lowest BCUT2D eigenvalue weighted by Gasteiger charge is -2.37. The molecule has 0 aliphatic carbocycles. The number of aromatic nitrogens is 1. The molecule has 0 aromatic carbocycles. The van der Waals surface area contributed by atoms with E-state index in [4.69, 9.17) is 5.73 Å². The molecule has 1 saturated heterocycles. The van der Waals surface area contributed by atoms with E-state index in [1.165, 1.54) is 0 Å². The summed E-state index contributed by atoms with van der Waals surface area (Å²) < 4.78 is 0. The molecule has 5 nitrogen and oxygen atoms in total. The van der Waals surface area contributed by atoms with Crippen molar-refractivity contribution in [1.82, 2.24) is 14.8 Å². The van der Waals surface area contributed by atoms with E-state index in [0.29, 0.717) is 17.3 Å². The van der Waals surface area contributed by atoms with Gasteiger partial charge in [-0.1, -0.05) is 6.92 Å². The number of carbonyl (C=O) groups is 1. The van der Waals surface area contributed by atoms with E-state index in [1.807, 2.05) is 11.8 Å². The summed E-state index contributed by atoms with van der Waals surface area (Å²) in [6, 6.07) is 2.33. The Bertz CT molecular complexity index is 481. The van der Waals surface area contributed by atoms with E-state index in [0.717, 1.165) is 38.3 Å². The average Bonchev–Trinajstić information content (AvgIpc) is 2.46. The number of aryl methyl sites for hydroxylation is 1. The number of nitrogens with two attached hydrogens (primary N) is 1. The van der Waals surface area contributed by atoms with E-state index >= 15 is 0 Å². The molecular formula is C15H24N4O. The maximum Gasteiger partial charge on any atom is 0.257 e. The van der Waals surface area contributed by atoms with Gasteiger partial charge in [-0.05, 0) is 26.3 Å². The molecule has 110 valence electrons. The van der Waals surface area contributed by atoms with Crippen molar-refractivity contribution in [2.45, 2.75) is 33.2 Å². The van der Waals surface area contributed by atoms with Crippen LogP contribution in [0.4, 0.5) is 5.69 Å². The van der Waals surface area contributed by atoms with Crippen molar-refractivity contribution in [3.63, 3.8) is 0 Å². The van der Waals surface area contributed by atoms with Crippen LogP contribution >= 0.6 is 0 Å². The summed E-state index contributed by atoms with van der Waals surface area (Å²) in [6.07, 6.45) is 2.73. The smallest absolute Gasteiger partial charge is 0.257 e. The zero-order valence-electron chi connectivity index (χ0n) is 12.6. The third-order valence-corrected chi connectivity index (χ3v) is 4.12. The first-order valence-electron chi connectivity index (χ1n) is 7.28. The molecule has 1 aromatic heterocycles. The summed E-state index contributed by atoms with van der Waals surface area (Å²) >= 11 is 0. The second kappa shape index (κ2) is 6.22. The number of rotatable bonds is 3. The minimum atomic E-state index is -0.00111. The summed E-state index contributed by atoms with van der Waals surface area (Å²) in [6.45, 7) is 9.68. The molecular weight excluding hydrogens is 252 g/mol. The number of pyridine rings is 1. The van der Waals surface area contributed by atoms with Crippen LogP contribution in [0.3, 0.4) is 0 Å². The summed E-state index contributed by atoms with van der Waals surface area (Å²) in [4.78, 5) is 20.9. The van der Waals surface area contributed by atoms with Crippen LogP contribution in [0.25, 0.3) is 0 Å². The van der Waals surface area contributed by atoms with Crippen molar-refractivity contribution in [1.29, 1.82) is 0 Å². The predicted molar refractivity (Wildman–Crippen MR) is 80.6 cm³/mol. The van der Waals surface area contributed by atoms with Gasteiger partial charge in [-0.15, -0.1) is 0 Å². The SMILES string of the molecule is CCC(C)N1CCN(C(=O)c2cnc(C)cc2N)CC1. The highest BCUT2D eigenvalue weighted by atomic mass is 16.2. The normalized spacial score (nSPS) is 18.1. The molecule has 0 spiro atoms. The molecule has 0 saturated carbocycles. The van der Waals surface area contributed by atoms with Gasteiger partial charge in [0, 0.05) is 49.8 Å². The summed E-state index contributed by atoms with van der Waals surface area (Å²) in [5, 5.41) is 0. The fourth-order valence-corrected chi connectivity index (χ4v) is 2.55. The van der Waals surface area contributed by atoms with Crippen molar-refractivity contribution in [3.8, 4) is 0 Å². The first-order chi connectivity index (χ1) is 9.52. The van der Waals surface area contributed by atoms with Gasteiger partial charge in [0.05, 0.1) is 5.56 Å². The Morgan fingerprint density at radius 3 is 2.60 bits per heavy atom. The molecule has 1 atom stereocenters. The van der Waals surface area contributed by atoms with Crippen molar-refractivity contribution >= 4 is 11.6 Å². The van der Waals surface area contributed by atoms with Gasteiger partial charge in [0.1, 0.15) is 0 Å². The summed E-state index contributed by atoms with van der Waals surface area (Å²) in [5.41, 5.74) is 7.80. The van der Waals surface area contributed by atoms with E-state index in [-0.39, 0.29) is 5.91 Å². The highest BCUT2D eigenvalue weighted by molar-refractivity contribution is 5.98. The Balaban J connectivity index is 2.01. The van der Waals surface area contributed by atoms with Crippen LogP contribution in [-0.2, 0) is 0 Å². The fourth-order valence-electron chi connectivity index (χ4n) is 2.55. The molecule has 1 aliphatic rings. The van der Waals surface area contributed by atoms with Crippen molar-refractivity contribution < 1.29 is 4.79 Å².